The molecule has 1 aromatic carbocycles. The number of nitrogens with one attached hydrogen (secondary N) is 1. The van der Waals surface area contributed by atoms with E-state index in [-0.39, 0.29) is 17.9 Å². The number of para-hydroxylation sites is 1. The maximum absolute atomic E-state index is 12.3. The summed E-state index contributed by atoms with van der Waals surface area (Å²) in [6, 6.07) is 8.61. The van der Waals surface area contributed by atoms with Gasteiger partial charge in [-0.05, 0) is 30.9 Å². The molecule has 1 saturated carbocycles. The molecule has 2 aliphatic rings. The van der Waals surface area contributed by atoms with Gasteiger partial charge in [0.15, 0.2) is 0 Å². The molecule has 1 heterocycles. The first kappa shape index (κ1) is 12.5. The minimum atomic E-state index is 0.195. The van der Waals surface area contributed by atoms with Crippen molar-refractivity contribution >= 4 is 11.6 Å². The van der Waals surface area contributed by atoms with E-state index >= 15 is 0 Å². The number of nitrogens with zero attached hydrogens (tertiary/aromatic N) is 1. The van der Waals surface area contributed by atoms with Crippen LogP contribution in [0.3, 0.4) is 0 Å². The molecule has 3 rings (SSSR count). The van der Waals surface area contributed by atoms with Gasteiger partial charge in [0.25, 0.3) is 0 Å². The van der Waals surface area contributed by atoms with Crippen molar-refractivity contribution in [2.75, 3.05) is 18.5 Å². The monoisotopic (exact) mass is 258 g/mol. The van der Waals surface area contributed by atoms with Crippen LogP contribution in [0, 0.1) is 5.92 Å². The molecule has 1 atom stereocenters. The molecule has 1 N–H and O–H groups in total. The van der Waals surface area contributed by atoms with Gasteiger partial charge in [-0.1, -0.05) is 31.0 Å². The van der Waals surface area contributed by atoms with Gasteiger partial charge in [0, 0.05) is 25.2 Å². The average molecular weight is 258 g/mol. The molecule has 1 fully saturated rings. The fraction of sp³-hybridized carbons (Fsp3) is 0.562. The Morgan fingerprint density at radius 3 is 2.74 bits per heavy atom. The molecular formula is C16H22N2O. The molecule has 19 heavy (non-hydrogen) atoms. The molecule has 1 aliphatic carbocycles. The molecule has 102 valence electrons. The van der Waals surface area contributed by atoms with Crippen molar-refractivity contribution in [2.24, 2.45) is 5.92 Å². The Balaban J connectivity index is 1.75. The highest BCUT2D eigenvalue weighted by atomic mass is 16.1. The van der Waals surface area contributed by atoms with E-state index in [0.29, 0.717) is 0 Å². The highest BCUT2D eigenvalue weighted by molar-refractivity contribution is 5.79. The van der Waals surface area contributed by atoms with Crippen molar-refractivity contribution in [1.29, 1.82) is 0 Å². The van der Waals surface area contributed by atoms with E-state index in [1.54, 1.807) is 0 Å². The Labute approximate surface area is 115 Å². The van der Waals surface area contributed by atoms with E-state index in [1.165, 1.54) is 24.1 Å². The van der Waals surface area contributed by atoms with Crippen LogP contribution >= 0.6 is 0 Å². The standard InChI is InChI=1S/C16H22N2O/c1-18-11-10-14(13-8-4-5-9-15(13)18)17-16(19)12-6-2-3-7-12/h4-5,8-9,12,14H,2-3,6-7,10-11H2,1H3,(H,17,19). The van der Waals surface area contributed by atoms with Gasteiger partial charge < -0.3 is 10.2 Å². The number of hydrogen-bond donors (Lipinski definition) is 1. The Bertz CT molecular complexity index is 466. The lowest BCUT2D eigenvalue weighted by Gasteiger charge is -2.34. The molecule has 0 saturated heterocycles. The molecule has 1 unspecified atom stereocenters. The lowest BCUT2D eigenvalue weighted by molar-refractivity contribution is -0.125. The van der Waals surface area contributed by atoms with Crippen LogP contribution in [-0.2, 0) is 4.79 Å². The van der Waals surface area contributed by atoms with Crippen LogP contribution in [0.2, 0.25) is 0 Å². The Morgan fingerprint density at radius 2 is 1.95 bits per heavy atom. The van der Waals surface area contributed by atoms with Crippen molar-refractivity contribution in [2.45, 2.75) is 38.1 Å². The summed E-state index contributed by atoms with van der Waals surface area (Å²) in [6.07, 6.45) is 5.57. The SMILES string of the molecule is CN1CCC(NC(=O)C2CCCC2)c2ccccc21. The van der Waals surface area contributed by atoms with E-state index in [1.807, 2.05) is 0 Å². The summed E-state index contributed by atoms with van der Waals surface area (Å²) in [7, 11) is 2.12. The Morgan fingerprint density at radius 1 is 1.21 bits per heavy atom. The van der Waals surface area contributed by atoms with Gasteiger partial charge in [-0.25, -0.2) is 0 Å². The van der Waals surface area contributed by atoms with Gasteiger partial charge in [-0.15, -0.1) is 0 Å². The highest BCUT2D eigenvalue weighted by Crippen LogP contribution is 2.33. The van der Waals surface area contributed by atoms with Gasteiger partial charge in [0.05, 0.1) is 6.04 Å². The molecular weight excluding hydrogens is 236 g/mol. The van der Waals surface area contributed by atoms with Gasteiger partial charge in [-0.2, -0.15) is 0 Å². The normalized spacial score (nSPS) is 23.2. The van der Waals surface area contributed by atoms with E-state index in [9.17, 15) is 4.79 Å². The summed E-state index contributed by atoms with van der Waals surface area (Å²) in [5, 5.41) is 3.27. The number of fused-ring (bicyclic) bond motifs is 1. The first-order chi connectivity index (χ1) is 9.25. The van der Waals surface area contributed by atoms with Crippen LogP contribution in [0.4, 0.5) is 5.69 Å². The van der Waals surface area contributed by atoms with Crippen molar-refractivity contribution in [3.05, 3.63) is 29.8 Å². The quantitative estimate of drug-likeness (QED) is 0.884. The van der Waals surface area contributed by atoms with Crippen molar-refractivity contribution in [3.8, 4) is 0 Å². The smallest absolute Gasteiger partial charge is 0.223 e. The molecule has 0 bridgehead atoms. The number of rotatable bonds is 2. The van der Waals surface area contributed by atoms with E-state index < -0.39 is 0 Å². The van der Waals surface area contributed by atoms with Crippen molar-refractivity contribution in [1.82, 2.24) is 5.32 Å². The first-order valence-electron chi connectivity index (χ1n) is 7.36. The number of carbonyl (C=O) groups excluding carboxylic acids is 1. The first-order valence-corrected chi connectivity index (χ1v) is 7.36. The lowest BCUT2D eigenvalue weighted by Crippen LogP contribution is -2.38. The van der Waals surface area contributed by atoms with Gasteiger partial charge in [0.1, 0.15) is 0 Å². The molecule has 3 nitrogen and oxygen atoms in total. The van der Waals surface area contributed by atoms with Crippen LogP contribution < -0.4 is 10.2 Å². The summed E-state index contributed by atoms with van der Waals surface area (Å²) in [5.41, 5.74) is 2.52. The summed E-state index contributed by atoms with van der Waals surface area (Å²) >= 11 is 0. The van der Waals surface area contributed by atoms with Crippen LogP contribution in [0.5, 0.6) is 0 Å². The van der Waals surface area contributed by atoms with Gasteiger partial charge in [0.2, 0.25) is 5.91 Å². The average Bonchev–Trinajstić information content (AvgIpc) is 2.96. The maximum atomic E-state index is 12.3. The second-order valence-corrected chi connectivity index (χ2v) is 5.81. The van der Waals surface area contributed by atoms with Gasteiger partial charge in [-0.3, -0.25) is 4.79 Å². The fourth-order valence-electron chi connectivity index (χ4n) is 3.36. The Hall–Kier alpha value is -1.51. The third-order valence-corrected chi connectivity index (χ3v) is 4.52. The van der Waals surface area contributed by atoms with Gasteiger partial charge >= 0.3 is 0 Å². The molecule has 0 radical (unpaired) electrons. The number of benzene rings is 1. The fourth-order valence-corrected chi connectivity index (χ4v) is 3.36. The minimum Gasteiger partial charge on any atom is -0.374 e. The highest BCUT2D eigenvalue weighted by Gasteiger charge is 2.28. The molecule has 1 amide bonds. The predicted octanol–water partition coefficient (Wildman–Crippen LogP) is 2.87. The predicted molar refractivity (Wildman–Crippen MR) is 77.2 cm³/mol. The molecule has 0 spiro atoms. The minimum absolute atomic E-state index is 0.195. The zero-order valence-corrected chi connectivity index (χ0v) is 11.6. The van der Waals surface area contributed by atoms with Crippen molar-refractivity contribution < 1.29 is 4.79 Å². The second kappa shape index (κ2) is 5.24. The third kappa shape index (κ3) is 2.46. The van der Waals surface area contributed by atoms with Crippen LogP contribution in [0.15, 0.2) is 24.3 Å². The number of hydrogen-bond acceptors (Lipinski definition) is 2. The van der Waals surface area contributed by atoms with Crippen LogP contribution in [-0.4, -0.2) is 19.5 Å². The molecule has 3 heteroatoms. The molecule has 0 aromatic heterocycles. The summed E-state index contributed by atoms with van der Waals surface area (Å²) < 4.78 is 0. The second-order valence-electron chi connectivity index (χ2n) is 5.81. The maximum Gasteiger partial charge on any atom is 0.223 e. The summed E-state index contributed by atoms with van der Waals surface area (Å²) in [5.74, 6) is 0.522. The van der Waals surface area contributed by atoms with E-state index in [0.717, 1.165) is 25.8 Å². The zero-order chi connectivity index (χ0) is 13.2. The number of amides is 1. The summed E-state index contributed by atoms with van der Waals surface area (Å²) in [6.45, 7) is 1.01. The summed E-state index contributed by atoms with van der Waals surface area (Å²) in [4.78, 5) is 14.6. The molecule has 1 aromatic rings. The van der Waals surface area contributed by atoms with E-state index in [4.69, 9.17) is 0 Å². The largest absolute Gasteiger partial charge is 0.374 e. The van der Waals surface area contributed by atoms with Crippen molar-refractivity contribution in [3.63, 3.8) is 0 Å². The number of anilines is 1. The lowest BCUT2D eigenvalue weighted by atomic mass is 9.95. The van der Waals surface area contributed by atoms with E-state index in [2.05, 4.69) is 41.5 Å². The van der Waals surface area contributed by atoms with Crippen LogP contribution in [0.25, 0.3) is 0 Å². The molecule has 1 aliphatic heterocycles. The zero-order valence-electron chi connectivity index (χ0n) is 11.6. The van der Waals surface area contributed by atoms with Crippen LogP contribution in [0.1, 0.15) is 43.7 Å². The number of carbonyl (C=O) groups is 1. The topological polar surface area (TPSA) is 32.3 Å². The third-order valence-electron chi connectivity index (χ3n) is 4.52. The Kier molecular flexibility index (Phi) is 3.45.